The molecule has 1 saturated carbocycles. The Kier molecular flexibility index (Phi) is 10.2. The lowest BCUT2D eigenvalue weighted by Crippen LogP contribution is -2.10. The number of rotatable bonds is 1. The van der Waals surface area contributed by atoms with Crippen molar-refractivity contribution < 1.29 is 4.79 Å². The van der Waals surface area contributed by atoms with Gasteiger partial charge in [0.25, 0.3) is 0 Å². The summed E-state index contributed by atoms with van der Waals surface area (Å²) in [6.45, 7) is 0. The lowest BCUT2D eigenvalue weighted by molar-refractivity contribution is -0.115. The van der Waals surface area contributed by atoms with E-state index in [1.165, 1.54) is 32.1 Å². The van der Waals surface area contributed by atoms with Crippen LogP contribution in [0.2, 0.25) is 0 Å². The summed E-state index contributed by atoms with van der Waals surface area (Å²) in [5, 5.41) is -0.119. The van der Waals surface area contributed by atoms with Crippen LogP contribution in [0.5, 0.6) is 0 Å². The zero-order valence-electron chi connectivity index (χ0n) is 6.81. The first-order valence-electron chi connectivity index (χ1n) is 4.50. The zero-order chi connectivity index (χ0) is 8.10. The molecule has 1 fully saturated rings. The van der Waals surface area contributed by atoms with Gasteiger partial charge in [0.2, 0.25) is 5.24 Å². The molecular weight excluding hydrogens is 184 g/mol. The minimum Gasteiger partial charge on any atom is -0.281 e. The van der Waals surface area contributed by atoms with Gasteiger partial charge in [-0.25, -0.2) is 0 Å². The smallest absolute Gasteiger partial charge is 0.224 e. The summed E-state index contributed by atoms with van der Waals surface area (Å²) >= 11 is 5.44. The van der Waals surface area contributed by atoms with E-state index in [1.54, 1.807) is 0 Å². The first kappa shape index (κ1) is 15.4. The van der Waals surface area contributed by atoms with E-state index in [0.29, 0.717) is 0 Å². The monoisotopic (exact) mass is 206 g/mol. The molecule has 1 nitrogen and oxygen atoms in total. The molecule has 0 amide bonds. The van der Waals surface area contributed by atoms with Gasteiger partial charge in [0.1, 0.15) is 0 Å². The first-order valence-corrected chi connectivity index (χ1v) is 4.88. The van der Waals surface area contributed by atoms with E-state index in [-0.39, 0.29) is 26.0 Å². The van der Waals surface area contributed by atoms with Crippen molar-refractivity contribution in [3.8, 4) is 0 Å². The van der Waals surface area contributed by atoms with E-state index >= 15 is 0 Å². The van der Waals surface area contributed by atoms with Crippen LogP contribution in [0.1, 0.15) is 59.8 Å². The largest absolute Gasteiger partial charge is 0.281 e. The highest BCUT2D eigenvalue weighted by atomic mass is 35.5. The Morgan fingerprint density at radius 2 is 1.31 bits per heavy atom. The van der Waals surface area contributed by atoms with Gasteiger partial charge in [0.05, 0.1) is 0 Å². The quantitative estimate of drug-likeness (QED) is 0.582. The van der Waals surface area contributed by atoms with Gasteiger partial charge < -0.3 is 0 Å². The highest BCUT2D eigenvalue weighted by Gasteiger charge is 2.16. The number of hydrogen-bond acceptors (Lipinski definition) is 1. The average Bonchev–Trinajstić information content (AvgIpc) is 1.84. The maximum atomic E-state index is 10.8. The molecular formula is C11H23ClO. The Hall–Kier alpha value is -0.0400. The molecule has 0 bridgehead atoms. The van der Waals surface area contributed by atoms with E-state index in [0.717, 1.165) is 12.8 Å². The lowest BCUT2D eigenvalue weighted by atomic mass is 9.92. The third-order valence-corrected chi connectivity index (χ3v) is 2.73. The van der Waals surface area contributed by atoms with Gasteiger partial charge in [0.15, 0.2) is 0 Å². The molecule has 0 spiro atoms. The minimum absolute atomic E-state index is 0. The Bertz CT molecular complexity index is 126. The summed E-state index contributed by atoms with van der Waals surface area (Å²) in [4.78, 5) is 10.8. The van der Waals surface area contributed by atoms with E-state index < -0.39 is 0 Å². The van der Waals surface area contributed by atoms with E-state index in [4.69, 9.17) is 11.6 Å². The van der Waals surface area contributed by atoms with E-state index in [2.05, 4.69) is 0 Å². The fraction of sp³-hybridized carbons (Fsp3) is 0.909. The molecule has 80 valence electrons. The van der Waals surface area contributed by atoms with Gasteiger partial charge in [-0.1, -0.05) is 47.0 Å². The third-order valence-electron chi connectivity index (χ3n) is 2.43. The van der Waals surface area contributed by atoms with Crippen molar-refractivity contribution in [2.24, 2.45) is 5.92 Å². The molecule has 1 aliphatic rings. The Morgan fingerprint density at radius 1 is 0.923 bits per heavy atom. The normalized spacial score (nSPS) is 18.8. The van der Waals surface area contributed by atoms with Crippen molar-refractivity contribution in [2.45, 2.75) is 59.8 Å². The summed E-state index contributed by atoms with van der Waals surface area (Å²) in [7, 11) is 0. The average molecular weight is 207 g/mol. The van der Waals surface area contributed by atoms with Crippen LogP contribution >= 0.6 is 11.6 Å². The molecule has 0 aromatic carbocycles. The SMILES string of the molecule is C.C.O=C(Cl)C1CCCCCCC1. The van der Waals surface area contributed by atoms with E-state index in [9.17, 15) is 4.79 Å². The zero-order valence-corrected chi connectivity index (χ0v) is 7.57. The fourth-order valence-electron chi connectivity index (χ4n) is 1.68. The van der Waals surface area contributed by atoms with Crippen LogP contribution in [0.25, 0.3) is 0 Å². The first-order chi connectivity index (χ1) is 5.30. The highest BCUT2D eigenvalue weighted by molar-refractivity contribution is 6.63. The number of hydrogen-bond donors (Lipinski definition) is 0. The second-order valence-corrected chi connectivity index (χ2v) is 3.72. The van der Waals surface area contributed by atoms with Crippen molar-refractivity contribution in [1.29, 1.82) is 0 Å². The summed E-state index contributed by atoms with van der Waals surface area (Å²) in [6, 6.07) is 0. The molecule has 0 aromatic heterocycles. The van der Waals surface area contributed by atoms with Gasteiger partial charge in [-0.3, -0.25) is 4.79 Å². The summed E-state index contributed by atoms with van der Waals surface area (Å²) in [5.41, 5.74) is 0. The van der Waals surface area contributed by atoms with Crippen LogP contribution in [0.15, 0.2) is 0 Å². The van der Waals surface area contributed by atoms with Crippen LogP contribution in [0.4, 0.5) is 0 Å². The van der Waals surface area contributed by atoms with Gasteiger partial charge in [-0.2, -0.15) is 0 Å². The fourth-order valence-corrected chi connectivity index (χ4v) is 1.90. The Balaban J connectivity index is 0. The van der Waals surface area contributed by atoms with Gasteiger partial charge >= 0.3 is 0 Å². The molecule has 1 aliphatic carbocycles. The lowest BCUT2D eigenvalue weighted by Gasteiger charge is -2.14. The summed E-state index contributed by atoms with van der Waals surface area (Å²) in [5.74, 6) is 0.164. The van der Waals surface area contributed by atoms with Crippen molar-refractivity contribution in [2.75, 3.05) is 0 Å². The van der Waals surface area contributed by atoms with Crippen molar-refractivity contribution >= 4 is 16.8 Å². The second kappa shape index (κ2) is 8.55. The molecule has 0 N–H and O–H groups in total. The predicted octanol–water partition coefficient (Wildman–Crippen LogP) is 4.38. The molecule has 0 unspecified atom stereocenters. The van der Waals surface area contributed by atoms with Crippen LogP contribution in [0, 0.1) is 5.92 Å². The van der Waals surface area contributed by atoms with Crippen LogP contribution in [-0.2, 0) is 4.79 Å². The number of halogens is 1. The molecule has 0 radical (unpaired) electrons. The highest BCUT2D eigenvalue weighted by Crippen LogP contribution is 2.23. The topological polar surface area (TPSA) is 17.1 Å². The Morgan fingerprint density at radius 3 is 1.69 bits per heavy atom. The van der Waals surface area contributed by atoms with Crippen molar-refractivity contribution in [3.05, 3.63) is 0 Å². The molecule has 1 rings (SSSR count). The van der Waals surface area contributed by atoms with Gasteiger partial charge in [0, 0.05) is 5.92 Å². The van der Waals surface area contributed by atoms with Gasteiger partial charge in [-0.15, -0.1) is 0 Å². The number of carbonyl (C=O) groups is 1. The molecule has 0 heterocycles. The molecule has 13 heavy (non-hydrogen) atoms. The predicted molar refractivity (Wildman–Crippen MR) is 60.1 cm³/mol. The Labute approximate surface area is 87.9 Å². The van der Waals surface area contributed by atoms with Crippen LogP contribution in [0.3, 0.4) is 0 Å². The third kappa shape index (κ3) is 6.09. The molecule has 0 atom stereocenters. The standard InChI is InChI=1S/C9H15ClO.2CH4/c10-9(11)8-6-4-2-1-3-5-7-8;;/h8H,1-7H2;2*1H4. The molecule has 0 saturated heterocycles. The van der Waals surface area contributed by atoms with Gasteiger partial charge in [-0.05, 0) is 24.4 Å². The number of carbonyl (C=O) groups excluding carboxylic acids is 1. The minimum atomic E-state index is -0.119. The maximum Gasteiger partial charge on any atom is 0.224 e. The second-order valence-electron chi connectivity index (χ2n) is 3.35. The molecule has 0 aliphatic heterocycles. The summed E-state index contributed by atoms with van der Waals surface area (Å²) < 4.78 is 0. The summed E-state index contributed by atoms with van der Waals surface area (Å²) in [6.07, 6.45) is 8.29. The van der Waals surface area contributed by atoms with Crippen molar-refractivity contribution in [3.63, 3.8) is 0 Å². The molecule has 0 aromatic rings. The van der Waals surface area contributed by atoms with Crippen molar-refractivity contribution in [1.82, 2.24) is 0 Å². The van der Waals surface area contributed by atoms with Crippen LogP contribution < -0.4 is 0 Å². The van der Waals surface area contributed by atoms with Crippen LogP contribution in [-0.4, -0.2) is 5.24 Å². The van der Waals surface area contributed by atoms with E-state index in [1.807, 2.05) is 0 Å². The molecule has 2 heteroatoms. The maximum absolute atomic E-state index is 10.8.